The number of halogens is 2. The minimum atomic E-state index is -3.99. The van der Waals surface area contributed by atoms with Gasteiger partial charge in [-0.3, -0.25) is 10.1 Å². The summed E-state index contributed by atoms with van der Waals surface area (Å²) in [6.45, 7) is 1.76. The summed E-state index contributed by atoms with van der Waals surface area (Å²) in [6, 6.07) is 2.58. The number of nitrogens with two attached hydrogens (primary N) is 1. The van der Waals surface area contributed by atoms with Crippen molar-refractivity contribution >= 4 is 39.7 Å². The molecule has 0 heterocycles. The molecule has 0 bridgehead atoms. The normalized spacial score (nSPS) is 16.8. The van der Waals surface area contributed by atoms with Crippen molar-refractivity contribution in [2.75, 3.05) is 6.54 Å². The van der Waals surface area contributed by atoms with E-state index in [4.69, 9.17) is 17.3 Å². The molecule has 0 radical (unpaired) electrons. The fourth-order valence-corrected chi connectivity index (χ4v) is 4.92. The lowest BCUT2D eigenvalue weighted by atomic mass is 10.0. The molecule has 1 aliphatic rings. The van der Waals surface area contributed by atoms with Crippen LogP contribution in [-0.2, 0) is 10.0 Å². The van der Waals surface area contributed by atoms with Gasteiger partial charge in [-0.2, -0.15) is 0 Å². The van der Waals surface area contributed by atoms with Gasteiger partial charge in [-0.05, 0) is 31.4 Å². The third-order valence-electron chi connectivity index (χ3n) is 3.95. The number of hydrogen-bond donors (Lipinski definition) is 2. The number of benzene rings is 1. The number of nitro benzene ring substituents is 1. The Morgan fingerprint density at radius 2 is 1.96 bits per heavy atom. The van der Waals surface area contributed by atoms with Crippen LogP contribution in [0.2, 0.25) is 5.02 Å². The Bertz CT molecular complexity index is 703. The first-order valence-corrected chi connectivity index (χ1v) is 8.75. The van der Waals surface area contributed by atoms with E-state index in [1.54, 1.807) is 6.92 Å². The fraction of sp³-hybridized carbons (Fsp3) is 0.538. The minimum Gasteiger partial charge on any atom is -0.329 e. The van der Waals surface area contributed by atoms with E-state index in [-0.39, 0.29) is 28.9 Å². The summed E-state index contributed by atoms with van der Waals surface area (Å²) < 4.78 is 27.9. The largest absolute Gasteiger partial charge is 0.329 e. The van der Waals surface area contributed by atoms with Crippen LogP contribution in [0.1, 0.15) is 31.2 Å². The van der Waals surface area contributed by atoms with Gasteiger partial charge < -0.3 is 5.73 Å². The molecule has 130 valence electrons. The first-order chi connectivity index (χ1) is 10.2. The number of nitrogens with one attached hydrogen (secondary N) is 1. The summed E-state index contributed by atoms with van der Waals surface area (Å²) in [5.41, 5.74) is 5.07. The molecule has 3 N–H and O–H groups in total. The molecular formula is C13H19Cl2N3O4S. The quantitative estimate of drug-likeness (QED) is 0.598. The number of hydrogen-bond acceptors (Lipinski definition) is 5. The Morgan fingerprint density at radius 3 is 2.43 bits per heavy atom. The van der Waals surface area contributed by atoms with Crippen LogP contribution in [0, 0.1) is 17.0 Å². The van der Waals surface area contributed by atoms with E-state index >= 15 is 0 Å². The molecule has 0 spiro atoms. The zero-order valence-electron chi connectivity index (χ0n) is 12.5. The van der Waals surface area contributed by atoms with Gasteiger partial charge in [0.05, 0.1) is 4.92 Å². The molecule has 0 amide bonds. The van der Waals surface area contributed by atoms with Gasteiger partial charge in [0.2, 0.25) is 10.0 Å². The van der Waals surface area contributed by atoms with Gasteiger partial charge in [-0.15, -0.1) is 12.4 Å². The molecule has 0 aromatic heterocycles. The molecule has 1 fully saturated rings. The SMILES string of the molecule is Cc1cc([N+](=O)[O-])c(Cl)c(S(=O)(=O)NC2(CN)CCCC2)c1.Cl. The maximum atomic E-state index is 12.6. The van der Waals surface area contributed by atoms with Crippen LogP contribution in [-0.4, -0.2) is 25.4 Å². The summed E-state index contributed by atoms with van der Waals surface area (Å²) in [6.07, 6.45) is 3.07. The third kappa shape index (κ3) is 4.13. The lowest BCUT2D eigenvalue weighted by Crippen LogP contribution is -2.51. The highest BCUT2D eigenvalue weighted by atomic mass is 35.5. The van der Waals surface area contributed by atoms with Gasteiger partial charge in [0, 0.05) is 18.2 Å². The van der Waals surface area contributed by atoms with Crippen LogP contribution in [0.15, 0.2) is 17.0 Å². The molecule has 1 saturated carbocycles. The summed E-state index contributed by atoms with van der Waals surface area (Å²) in [7, 11) is -3.99. The number of nitro groups is 1. The standard InChI is InChI=1S/C13H18ClN3O4S.ClH/c1-9-6-10(17(18)19)12(14)11(7-9)22(20,21)16-13(8-15)4-2-3-5-13;/h6-7,16H,2-5,8,15H2,1H3;1H. The first-order valence-electron chi connectivity index (χ1n) is 6.89. The van der Waals surface area contributed by atoms with Crippen molar-refractivity contribution in [3.05, 3.63) is 32.8 Å². The molecule has 0 unspecified atom stereocenters. The molecule has 0 atom stereocenters. The second-order valence-corrected chi connectivity index (χ2v) is 7.68. The number of rotatable bonds is 5. The topological polar surface area (TPSA) is 115 Å². The van der Waals surface area contributed by atoms with Crippen LogP contribution in [0.3, 0.4) is 0 Å². The zero-order valence-corrected chi connectivity index (χ0v) is 14.9. The molecule has 7 nitrogen and oxygen atoms in total. The van der Waals surface area contributed by atoms with Gasteiger partial charge in [0.25, 0.3) is 5.69 Å². The molecule has 0 saturated heterocycles. The number of nitrogens with zero attached hydrogens (tertiary/aromatic N) is 1. The van der Waals surface area contributed by atoms with Gasteiger partial charge >= 0.3 is 0 Å². The molecule has 1 aromatic carbocycles. The van der Waals surface area contributed by atoms with E-state index in [0.29, 0.717) is 18.4 Å². The van der Waals surface area contributed by atoms with Crippen LogP contribution in [0.25, 0.3) is 0 Å². The summed E-state index contributed by atoms with van der Waals surface area (Å²) in [4.78, 5) is 10.0. The van der Waals surface area contributed by atoms with Crippen molar-refractivity contribution in [3.63, 3.8) is 0 Å². The second kappa shape index (κ2) is 7.31. The number of sulfonamides is 1. The number of aryl methyl sites for hydroxylation is 1. The summed E-state index contributed by atoms with van der Waals surface area (Å²) in [5, 5.41) is 10.6. The highest BCUT2D eigenvalue weighted by molar-refractivity contribution is 7.89. The van der Waals surface area contributed by atoms with E-state index in [1.807, 2.05) is 0 Å². The Hall–Kier alpha value is -0.930. The molecule has 23 heavy (non-hydrogen) atoms. The third-order valence-corrected chi connectivity index (χ3v) is 6.06. The van der Waals surface area contributed by atoms with Crippen LogP contribution in [0.5, 0.6) is 0 Å². The predicted octanol–water partition coefficient (Wildman–Crippen LogP) is 2.53. The highest BCUT2D eigenvalue weighted by Crippen LogP contribution is 2.35. The highest BCUT2D eigenvalue weighted by Gasteiger charge is 2.38. The Labute approximate surface area is 146 Å². The molecule has 1 aliphatic carbocycles. The average molecular weight is 384 g/mol. The minimum absolute atomic E-state index is 0. The van der Waals surface area contributed by atoms with Gasteiger partial charge in [-0.1, -0.05) is 24.4 Å². The Balaban J connectivity index is 0.00000264. The van der Waals surface area contributed by atoms with Gasteiger partial charge in [-0.25, -0.2) is 13.1 Å². The van der Waals surface area contributed by atoms with Crippen molar-refractivity contribution in [2.45, 2.75) is 43.0 Å². The smallest absolute Gasteiger partial charge is 0.289 e. The van der Waals surface area contributed by atoms with Crippen molar-refractivity contribution in [1.82, 2.24) is 4.72 Å². The molecule has 0 aliphatic heterocycles. The summed E-state index contributed by atoms with van der Waals surface area (Å²) in [5.74, 6) is 0. The van der Waals surface area contributed by atoms with Crippen LogP contribution < -0.4 is 10.5 Å². The zero-order chi connectivity index (χ0) is 16.5. The Kier molecular flexibility index (Phi) is 6.39. The summed E-state index contributed by atoms with van der Waals surface area (Å²) >= 11 is 5.94. The van der Waals surface area contributed by atoms with Crippen molar-refractivity contribution < 1.29 is 13.3 Å². The second-order valence-electron chi connectivity index (χ2n) is 5.65. The molecule has 10 heteroatoms. The van der Waals surface area contributed by atoms with E-state index in [9.17, 15) is 18.5 Å². The van der Waals surface area contributed by atoms with E-state index < -0.39 is 26.2 Å². The van der Waals surface area contributed by atoms with Gasteiger partial charge in [0.1, 0.15) is 9.92 Å². The van der Waals surface area contributed by atoms with Crippen molar-refractivity contribution in [3.8, 4) is 0 Å². The maximum Gasteiger partial charge on any atom is 0.289 e. The maximum absolute atomic E-state index is 12.6. The average Bonchev–Trinajstić information content (AvgIpc) is 2.89. The van der Waals surface area contributed by atoms with Gasteiger partial charge in [0.15, 0.2) is 0 Å². The van der Waals surface area contributed by atoms with Crippen LogP contribution >= 0.6 is 24.0 Å². The predicted molar refractivity (Wildman–Crippen MR) is 90.7 cm³/mol. The fourth-order valence-electron chi connectivity index (χ4n) is 2.79. The van der Waals surface area contributed by atoms with Crippen LogP contribution in [0.4, 0.5) is 5.69 Å². The van der Waals surface area contributed by atoms with E-state index in [1.165, 1.54) is 12.1 Å². The monoisotopic (exact) mass is 383 g/mol. The van der Waals surface area contributed by atoms with E-state index in [2.05, 4.69) is 4.72 Å². The van der Waals surface area contributed by atoms with E-state index in [0.717, 1.165) is 12.8 Å². The lowest BCUT2D eigenvalue weighted by Gasteiger charge is -2.28. The Morgan fingerprint density at radius 1 is 1.39 bits per heavy atom. The van der Waals surface area contributed by atoms with Crippen molar-refractivity contribution in [1.29, 1.82) is 0 Å². The first kappa shape index (κ1) is 20.1. The molecular weight excluding hydrogens is 365 g/mol. The molecule has 1 aromatic rings. The van der Waals surface area contributed by atoms with Crippen molar-refractivity contribution in [2.24, 2.45) is 5.73 Å². The molecule has 2 rings (SSSR count). The lowest BCUT2D eigenvalue weighted by molar-refractivity contribution is -0.385.